The van der Waals surface area contributed by atoms with Crippen LogP contribution < -0.4 is 0 Å². The minimum absolute atomic E-state index is 0.387. The number of hydrogen-bond acceptors (Lipinski definition) is 0. The predicted molar refractivity (Wildman–Crippen MR) is 95.2 cm³/mol. The number of benzene rings is 2. The highest BCUT2D eigenvalue weighted by molar-refractivity contribution is 5.86. The third-order valence-electron chi connectivity index (χ3n) is 4.63. The average Bonchev–Trinajstić information content (AvgIpc) is 2.55. The summed E-state index contributed by atoms with van der Waals surface area (Å²) in [6, 6.07) is 6.20. The Morgan fingerprint density at radius 2 is 1.44 bits per heavy atom. The largest absolute Gasteiger partial charge is 0.416 e. The molecule has 2 aromatic carbocycles. The normalized spacial score (nSPS) is 12.0. The molecule has 2 aromatic rings. The van der Waals surface area contributed by atoms with E-state index < -0.39 is 11.7 Å². The molecule has 25 heavy (non-hydrogen) atoms. The first kappa shape index (κ1) is 19.7. The second kappa shape index (κ2) is 9.21. The van der Waals surface area contributed by atoms with Crippen molar-refractivity contribution in [3.8, 4) is 0 Å². The second-order valence-corrected chi connectivity index (χ2v) is 6.72. The molecule has 0 unspecified atom stereocenters. The smallest absolute Gasteiger partial charge is 0.207 e. The van der Waals surface area contributed by atoms with Gasteiger partial charge in [-0.15, -0.1) is 0 Å². The number of alkyl halides is 3. The Morgan fingerprint density at radius 3 is 2.08 bits per heavy atom. The summed E-state index contributed by atoms with van der Waals surface area (Å²) in [6.07, 6.45) is 5.49. The summed E-state index contributed by atoms with van der Waals surface area (Å²) < 4.78 is 52.6. The number of hydrogen-bond donors (Lipinski definition) is 0. The number of aryl methyl sites for hydroxylation is 1. The van der Waals surface area contributed by atoms with Crippen LogP contribution in [0.5, 0.6) is 0 Å². The van der Waals surface area contributed by atoms with E-state index in [1.807, 2.05) is 0 Å². The quantitative estimate of drug-likeness (QED) is 0.320. The first-order valence-electron chi connectivity index (χ1n) is 9.21. The first-order chi connectivity index (χ1) is 11.9. The minimum atomic E-state index is -4.38. The Kier molecular flexibility index (Phi) is 7.27. The second-order valence-electron chi connectivity index (χ2n) is 6.72. The van der Waals surface area contributed by atoms with E-state index in [1.165, 1.54) is 50.3 Å². The summed E-state index contributed by atoms with van der Waals surface area (Å²) in [5.41, 5.74) is -0.00383. The van der Waals surface area contributed by atoms with Gasteiger partial charge < -0.3 is 0 Å². The molecule has 0 heterocycles. The Morgan fingerprint density at radius 1 is 0.800 bits per heavy atom. The summed E-state index contributed by atoms with van der Waals surface area (Å²) in [6.45, 7) is 2.19. The van der Waals surface area contributed by atoms with Gasteiger partial charge in [0.05, 0.1) is 5.56 Å². The van der Waals surface area contributed by atoms with Crippen molar-refractivity contribution in [1.29, 1.82) is 0 Å². The monoisotopic (exact) mass is 354 g/mol. The van der Waals surface area contributed by atoms with Gasteiger partial charge in [-0.3, -0.25) is 0 Å². The van der Waals surface area contributed by atoms with Crippen molar-refractivity contribution >= 4 is 10.8 Å². The van der Waals surface area contributed by atoms with Gasteiger partial charge in [-0.1, -0.05) is 57.9 Å². The van der Waals surface area contributed by atoms with Crippen LogP contribution in [0.2, 0.25) is 0 Å². The van der Waals surface area contributed by atoms with Gasteiger partial charge in [0.1, 0.15) is 5.82 Å². The summed E-state index contributed by atoms with van der Waals surface area (Å²) in [5, 5.41) is 1.04. The van der Waals surface area contributed by atoms with Crippen LogP contribution in [-0.4, -0.2) is 0 Å². The first-order valence-corrected chi connectivity index (χ1v) is 9.21. The Balaban J connectivity index is 1.99. The van der Waals surface area contributed by atoms with Crippen molar-refractivity contribution in [1.82, 2.24) is 0 Å². The van der Waals surface area contributed by atoms with Crippen LogP contribution in [0, 0.1) is 5.82 Å². The molecule has 0 aliphatic carbocycles. The summed E-state index contributed by atoms with van der Waals surface area (Å²) >= 11 is 0. The molecular formula is C21H26F4. The molecule has 0 N–H and O–H groups in total. The van der Waals surface area contributed by atoms with Gasteiger partial charge in [0.2, 0.25) is 0 Å². The number of unbranched alkanes of at least 4 members (excludes halogenated alkanes) is 7. The molecular weight excluding hydrogens is 328 g/mol. The molecule has 0 radical (unpaired) electrons. The standard InChI is InChI=1S/C21H26F4/c1-2-3-4-5-6-7-8-9-10-16-13-19(22)14-17-11-12-18(15-20(16)17)21(23,24)25/h11-15H,2-10H2,1H3. The van der Waals surface area contributed by atoms with Gasteiger partial charge in [-0.2, -0.15) is 13.2 Å². The van der Waals surface area contributed by atoms with Gasteiger partial charge in [0, 0.05) is 0 Å². The molecule has 0 saturated carbocycles. The molecule has 0 saturated heterocycles. The fourth-order valence-electron chi connectivity index (χ4n) is 3.23. The summed E-state index contributed by atoms with van der Waals surface area (Å²) in [7, 11) is 0. The Hall–Kier alpha value is -1.58. The van der Waals surface area contributed by atoms with Crippen molar-refractivity contribution in [2.24, 2.45) is 0 Å². The van der Waals surface area contributed by atoms with E-state index in [2.05, 4.69) is 6.92 Å². The molecule has 2 rings (SSSR count). The summed E-state index contributed by atoms with van der Waals surface area (Å²) in [4.78, 5) is 0. The van der Waals surface area contributed by atoms with Gasteiger partial charge in [-0.25, -0.2) is 4.39 Å². The van der Waals surface area contributed by atoms with Crippen molar-refractivity contribution in [3.63, 3.8) is 0 Å². The van der Waals surface area contributed by atoms with Crippen LogP contribution in [-0.2, 0) is 12.6 Å². The van der Waals surface area contributed by atoms with E-state index in [4.69, 9.17) is 0 Å². The van der Waals surface area contributed by atoms with E-state index in [9.17, 15) is 17.6 Å². The molecule has 0 amide bonds. The molecule has 138 valence electrons. The van der Waals surface area contributed by atoms with Crippen LogP contribution in [0.4, 0.5) is 17.6 Å². The highest BCUT2D eigenvalue weighted by Gasteiger charge is 2.30. The van der Waals surface area contributed by atoms with Crippen molar-refractivity contribution < 1.29 is 17.6 Å². The topological polar surface area (TPSA) is 0 Å². The zero-order chi connectivity index (χ0) is 18.3. The highest BCUT2D eigenvalue weighted by atomic mass is 19.4. The molecule has 0 fully saturated rings. The van der Waals surface area contributed by atoms with Crippen LogP contribution in [0.15, 0.2) is 30.3 Å². The van der Waals surface area contributed by atoms with Crippen molar-refractivity contribution in [2.45, 2.75) is 70.9 Å². The molecule has 0 aliphatic rings. The maximum atomic E-state index is 13.8. The lowest BCUT2D eigenvalue weighted by molar-refractivity contribution is -0.137. The zero-order valence-corrected chi connectivity index (χ0v) is 14.8. The van der Waals surface area contributed by atoms with Gasteiger partial charge in [0.15, 0.2) is 0 Å². The Labute approximate surface area is 147 Å². The van der Waals surface area contributed by atoms with Crippen LogP contribution in [0.1, 0.15) is 69.4 Å². The molecule has 0 aromatic heterocycles. The Bertz CT molecular complexity index is 673. The van der Waals surface area contributed by atoms with E-state index in [0.717, 1.165) is 31.4 Å². The lowest BCUT2D eigenvalue weighted by Crippen LogP contribution is -2.04. The minimum Gasteiger partial charge on any atom is -0.207 e. The van der Waals surface area contributed by atoms with Gasteiger partial charge in [0.25, 0.3) is 0 Å². The highest BCUT2D eigenvalue weighted by Crippen LogP contribution is 2.33. The van der Waals surface area contributed by atoms with E-state index in [1.54, 1.807) is 0 Å². The fourth-order valence-corrected chi connectivity index (χ4v) is 3.23. The van der Waals surface area contributed by atoms with E-state index in [-0.39, 0.29) is 5.82 Å². The molecule has 4 heteroatoms. The van der Waals surface area contributed by atoms with Gasteiger partial charge in [-0.05, 0) is 53.4 Å². The van der Waals surface area contributed by atoms with Crippen molar-refractivity contribution in [2.75, 3.05) is 0 Å². The molecule has 0 atom stereocenters. The number of fused-ring (bicyclic) bond motifs is 1. The number of rotatable bonds is 9. The van der Waals surface area contributed by atoms with Crippen LogP contribution in [0.25, 0.3) is 10.8 Å². The average molecular weight is 354 g/mol. The number of halogens is 4. The van der Waals surface area contributed by atoms with E-state index >= 15 is 0 Å². The maximum absolute atomic E-state index is 13.8. The lowest BCUT2D eigenvalue weighted by atomic mass is 9.97. The third-order valence-corrected chi connectivity index (χ3v) is 4.63. The molecule has 0 bridgehead atoms. The van der Waals surface area contributed by atoms with Crippen molar-refractivity contribution in [3.05, 3.63) is 47.3 Å². The zero-order valence-electron chi connectivity index (χ0n) is 14.8. The van der Waals surface area contributed by atoms with E-state index in [0.29, 0.717) is 22.8 Å². The fraction of sp³-hybridized carbons (Fsp3) is 0.524. The molecule has 0 nitrogen and oxygen atoms in total. The molecule has 0 aliphatic heterocycles. The van der Waals surface area contributed by atoms with Crippen LogP contribution >= 0.6 is 0 Å². The maximum Gasteiger partial charge on any atom is 0.416 e. The van der Waals surface area contributed by atoms with Crippen LogP contribution in [0.3, 0.4) is 0 Å². The predicted octanol–water partition coefficient (Wildman–Crippen LogP) is 7.68. The lowest BCUT2D eigenvalue weighted by Gasteiger charge is -2.11. The van der Waals surface area contributed by atoms with Gasteiger partial charge >= 0.3 is 6.18 Å². The third kappa shape index (κ3) is 6.02. The summed E-state index contributed by atoms with van der Waals surface area (Å²) in [5.74, 6) is -0.387. The SMILES string of the molecule is CCCCCCCCCCc1cc(F)cc2ccc(C(F)(F)F)cc12. The molecule has 0 spiro atoms.